The third kappa shape index (κ3) is 5.50. The molecule has 8 heteroatoms. The SMILES string of the molecule is CC(=O)O[C@@H]1[C@H](OC(C)=O)[C@@H](O)OC(COCc2ccccc2)[C@H]1O. The second-order valence-electron chi connectivity index (χ2n) is 5.70. The van der Waals surface area contributed by atoms with Crippen molar-refractivity contribution in [3.05, 3.63) is 35.9 Å². The number of aliphatic hydroxyl groups is 2. The molecule has 0 aliphatic carbocycles. The highest BCUT2D eigenvalue weighted by atomic mass is 16.7. The molecule has 1 aromatic rings. The Morgan fingerprint density at radius 1 is 1.04 bits per heavy atom. The van der Waals surface area contributed by atoms with Gasteiger partial charge in [0.25, 0.3) is 0 Å². The summed E-state index contributed by atoms with van der Waals surface area (Å²) >= 11 is 0. The molecule has 8 nitrogen and oxygen atoms in total. The Balaban J connectivity index is 1.99. The van der Waals surface area contributed by atoms with Gasteiger partial charge in [-0.15, -0.1) is 0 Å². The Morgan fingerprint density at radius 2 is 1.64 bits per heavy atom. The Hall–Kier alpha value is -2.00. The zero-order valence-corrected chi connectivity index (χ0v) is 14.0. The molecule has 1 unspecified atom stereocenters. The maximum absolute atomic E-state index is 11.3. The molecule has 0 amide bonds. The standard InChI is InChI=1S/C17H22O8/c1-10(18)23-15-14(20)13(25-17(21)16(15)24-11(2)19)9-22-8-12-6-4-3-5-7-12/h3-7,13-17,20-21H,8-9H2,1-2H3/t13?,14-,15+,16+,17+/m1/s1. The summed E-state index contributed by atoms with van der Waals surface area (Å²) in [6.07, 6.45) is -6.40. The summed E-state index contributed by atoms with van der Waals surface area (Å²) in [6.45, 7) is 2.53. The van der Waals surface area contributed by atoms with Gasteiger partial charge in [0, 0.05) is 13.8 Å². The lowest BCUT2D eigenvalue weighted by molar-refractivity contribution is -0.295. The largest absolute Gasteiger partial charge is 0.455 e. The van der Waals surface area contributed by atoms with Crippen LogP contribution in [0.5, 0.6) is 0 Å². The fraction of sp³-hybridized carbons (Fsp3) is 0.529. The zero-order chi connectivity index (χ0) is 18.4. The molecule has 2 rings (SSSR count). The van der Waals surface area contributed by atoms with Crippen molar-refractivity contribution >= 4 is 11.9 Å². The van der Waals surface area contributed by atoms with E-state index in [1.165, 1.54) is 0 Å². The second kappa shape index (κ2) is 8.91. The minimum absolute atomic E-state index is 0.0440. The van der Waals surface area contributed by atoms with Crippen molar-refractivity contribution in [3.8, 4) is 0 Å². The number of ether oxygens (including phenoxy) is 4. The Morgan fingerprint density at radius 3 is 2.24 bits per heavy atom. The average molecular weight is 354 g/mol. The van der Waals surface area contributed by atoms with Crippen LogP contribution in [0.4, 0.5) is 0 Å². The summed E-state index contributed by atoms with van der Waals surface area (Å²) in [4.78, 5) is 22.4. The van der Waals surface area contributed by atoms with Gasteiger partial charge >= 0.3 is 11.9 Å². The number of hydrogen-bond donors (Lipinski definition) is 2. The quantitative estimate of drug-likeness (QED) is 0.694. The number of carbonyl (C=O) groups excluding carboxylic acids is 2. The molecular formula is C17H22O8. The zero-order valence-electron chi connectivity index (χ0n) is 14.0. The highest BCUT2D eigenvalue weighted by Gasteiger charge is 2.48. The summed E-state index contributed by atoms with van der Waals surface area (Å²) in [5.74, 6) is -1.38. The maximum Gasteiger partial charge on any atom is 0.303 e. The molecule has 138 valence electrons. The lowest BCUT2D eigenvalue weighted by Crippen LogP contribution is -2.61. The molecule has 0 saturated carbocycles. The lowest BCUT2D eigenvalue weighted by atomic mass is 9.98. The van der Waals surface area contributed by atoms with E-state index < -0.39 is 42.6 Å². The van der Waals surface area contributed by atoms with E-state index in [4.69, 9.17) is 18.9 Å². The Labute approximate surface area is 145 Å². The van der Waals surface area contributed by atoms with E-state index in [1.807, 2.05) is 30.3 Å². The lowest BCUT2D eigenvalue weighted by Gasteiger charge is -2.41. The topological polar surface area (TPSA) is 112 Å². The van der Waals surface area contributed by atoms with Gasteiger partial charge in [0.2, 0.25) is 0 Å². The molecule has 1 saturated heterocycles. The van der Waals surface area contributed by atoms with E-state index in [1.54, 1.807) is 0 Å². The van der Waals surface area contributed by atoms with Crippen LogP contribution in [-0.2, 0) is 35.1 Å². The van der Waals surface area contributed by atoms with Crippen molar-refractivity contribution in [1.29, 1.82) is 0 Å². The Bertz CT molecular complexity index is 575. The van der Waals surface area contributed by atoms with Gasteiger partial charge in [0.1, 0.15) is 12.2 Å². The van der Waals surface area contributed by atoms with Crippen molar-refractivity contribution in [3.63, 3.8) is 0 Å². The molecular weight excluding hydrogens is 332 g/mol. The van der Waals surface area contributed by atoms with Crippen LogP contribution in [0, 0.1) is 0 Å². The minimum Gasteiger partial charge on any atom is -0.455 e. The Kier molecular flexibility index (Phi) is 6.89. The van der Waals surface area contributed by atoms with Gasteiger partial charge in [-0.2, -0.15) is 0 Å². The highest BCUT2D eigenvalue weighted by molar-refractivity contribution is 5.67. The van der Waals surface area contributed by atoms with E-state index >= 15 is 0 Å². The molecule has 1 aliphatic heterocycles. The molecule has 0 radical (unpaired) electrons. The van der Waals surface area contributed by atoms with Gasteiger partial charge in [-0.05, 0) is 5.56 Å². The fourth-order valence-corrected chi connectivity index (χ4v) is 2.56. The number of hydrogen-bond acceptors (Lipinski definition) is 8. The average Bonchev–Trinajstić information content (AvgIpc) is 2.55. The molecule has 0 aromatic heterocycles. The van der Waals surface area contributed by atoms with Gasteiger partial charge in [0.05, 0.1) is 13.2 Å². The van der Waals surface area contributed by atoms with Crippen LogP contribution in [0.1, 0.15) is 19.4 Å². The van der Waals surface area contributed by atoms with Crippen LogP contribution < -0.4 is 0 Å². The summed E-state index contributed by atoms with van der Waals surface area (Å²) < 4.78 is 20.7. The molecule has 1 fully saturated rings. The van der Waals surface area contributed by atoms with Crippen molar-refractivity contribution in [2.24, 2.45) is 0 Å². The molecule has 2 N–H and O–H groups in total. The molecule has 0 bridgehead atoms. The third-order valence-electron chi connectivity index (χ3n) is 3.63. The maximum atomic E-state index is 11.3. The first-order valence-corrected chi connectivity index (χ1v) is 7.86. The van der Waals surface area contributed by atoms with Gasteiger partial charge < -0.3 is 29.2 Å². The minimum atomic E-state index is -1.55. The predicted octanol–water partition coefficient (Wildman–Crippen LogP) is 0.145. The van der Waals surface area contributed by atoms with Gasteiger partial charge in [-0.1, -0.05) is 30.3 Å². The van der Waals surface area contributed by atoms with Crippen LogP contribution in [-0.4, -0.2) is 59.5 Å². The van der Waals surface area contributed by atoms with Crippen LogP contribution in [0.15, 0.2) is 30.3 Å². The highest BCUT2D eigenvalue weighted by Crippen LogP contribution is 2.25. The summed E-state index contributed by atoms with van der Waals surface area (Å²) in [5, 5.41) is 20.4. The van der Waals surface area contributed by atoms with Crippen LogP contribution in [0.2, 0.25) is 0 Å². The second-order valence-corrected chi connectivity index (χ2v) is 5.70. The first kappa shape index (κ1) is 19.3. The number of esters is 2. The van der Waals surface area contributed by atoms with E-state index in [2.05, 4.69) is 0 Å². The number of benzene rings is 1. The van der Waals surface area contributed by atoms with Crippen LogP contribution in [0.3, 0.4) is 0 Å². The first-order chi connectivity index (χ1) is 11.9. The number of aliphatic hydroxyl groups excluding tert-OH is 2. The summed E-state index contributed by atoms with van der Waals surface area (Å²) in [6, 6.07) is 9.38. The van der Waals surface area contributed by atoms with Crippen molar-refractivity contribution in [2.45, 2.75) is 51.2 Å². The van der Waals surface area contributed by atoms with E-state index in [0.717, 1.165) is 19.4 Å². The summed E-state index contributed by atoms with van der Waals surface area (Å²) in [7, 11) is 0. The molecule has 25 heavy (non-hydrogen) atoms. The molecule has 5 atom stereocenters. The van der Waals surface area contributed by atoms with E-state index in [-0.39, 0.29) is 13.2 Å². The smallest absolute Gasteiger partial charge is 0.303 e. The molecule has 1 aromatic carbocycles. The number of rotatable bonds is 6. The fourth-order valence-electron chi connectivity index (χ4n) is 2.56. The first-order valence-electron chi connectivity index (χ1n) is 7.86. The van der Waals surface area contributed by atoms with E-state index in [9.17, 15) is 19.8 Å². The van der Waals surface area contributed by atoms with Crippen LogP contribution in [0.25, 0.3) is 0 Å². The molecule has 1 aliphatic rings. The third-order valence-corrected chi connectivity index (χ3v) is 3.63. The summed E-state index contributed by atoms with van der Waals surface area (Å²) in [5.41, 5.74) is 0.933. The van der Waals surface area contributed by atoms with Crippen molar-refractivity contribution in [2.75, 3.05) is 6.61 Å². The normalized spacial score (nSPS) is 29.0. The molecule has 1 heterocycles. The van der Waals surface area contributed by atoms with Crippen molar-refractivity contribution in [1.82, 2.24) is 0 Å². The van der Waals surface area contributed by atoms with Gasteiger partial charge in [-0.25, -0.2) is 0 Å². The van der Waals surface area contributed by atoms with Crippen LogP contribution >= 0.6 is 0 Å². The van der Waals surface area contributed by atoms with Gasteiger partial charge in [-0.3, -0.25) is 9.59 Å². The van der Waals surface area contributed by atoms with E-state index in [0.29, 0.717) is 0 Å². The predicted molar refractivity (Wildman–Crippen MR) is 84.1 cm³/mol. The van der Waals surface area contributed by atoms with Gasteiger partial charge in [0.15, 0.2) is 18.5 Å². The van der Waals surface area contributed by atoms with Crippen molar-refractivity contribution < 1.29 is 38.7 Å². The molecule has 0 spiro atoms. The number of carbonyl (C=O) groups is 2. The monoisotopic (exact) mass is 354 g/mol.